The summed E-state index contributed by atoms with van der Waals surface area (Å²) < 4.78 is 86.4. The van der Waals surface area contributed by atoms with Gasteiger partial charge in [0.2, 0.25) is 5.91 Å². The Morgan fingerprint density at radius 3 is 2.34 bits per heavy atom. The van der Waals surface area contributed by atoms with Crippen LogP contribution in [0, 0.1) is 0 Å². The number of allylic oxidation sites excluding steroid dienone is 3. The largest absolute Gasteiger partial charge is 0.416 e. The highest BCUT2D eigenvalue weighted by Crippen LogP contribution is 2.43. The van der Waals surface area contributed by atoms with Crippen LogP contribution < -0.4 is 5.32 Å². The summed E-state index contributed by atoms with van der Waals surface area (Å²) in [5.74, 6) is 0.550. The SMILES string of the molecule is C=C(/C=C\C=C/C)[C@]1(CO[C@H](C)c2cc(C(F)(F)F)cc(C(F)(F)F)c2)CC[C@]2(CSC)CN1CC(=O)N2. The number of piperazine rings is 1. The molecule has 4 atom stereocenters. The topological polar surface area (TPSA) is 41.6 Å². The Labute approximate surface area is 223 Å². The van der Waals surface area contributed by atoms with Crippen molar-refractivity contribution in [2.75, 3.05) is 31.7 Å². The van der Waals surface area contributed by atoms with E-state index >= 15 is 0 Å². The summed E-state index contributed by atoms with van der Waals surface area (Å²) in [4.78, 5) is 14.7. The van der Waals surface area contributed by atoms with Crippen LogP contribution in [0.1, 0.15) is 49.5 Å². The van der Waals surface area contributed by atoms with Crippen LogP contribution in [0.2, 0.25) is 0 Å². The van der Waals surface area contributed by atoms with Gasteiger partial charge in [-0.3, -0.25) is 9.69 Å². The van der Waals surface area contributed by atoms with E-state index in [1.54, 1.807) is 23.9 Å². The molecule has 1 amide bonds. The molecule has 2 heterocycles. The molecular formula is C27H32F6N2O2S. The molecule has 2 bridgehead atoms. The molecule has 0 spiro atoms. The van der Waals surface area contributed by atoms with Gasteiger partial charge in [-0.05, 0) is 62.3 Å². The first kappa shape index (κ1) is 30.3. The van der Waals surface area contributed by atoms with Crippen molar-refractivity contribution >= 4 is 17.7 Å². The van der Waals surface area contributed by atoms with Crippen LogP contribution in [0.25, 0.3) is 0 Å². The smallest absolute Gasteiger partial charge is 0.372 e. The first-order valence-electron chi connectivity index (χ1n) is 12.1. The lowest BCUT2D eigenvalue weighted by molar-refractivity contribution is -0.143. The average Bonchev–Trinajstić information content (AvgIpc) is 2.82. The van der Waals surface area contributed by atoms with Crippen molar-refractivity contribution in [2.24, 2.45) is 0 Å². The van der Waals surface area contributed by atoms with E-state index in [0.717, 1.165) is 0 Å². The molecule has 1 aromatic carbocycles. The zero-order chi connectivity index (χ0) is 28.4. The van der Waals surface area contributed by atoms with Crippen LogP contribution in [0.5, 0.6) is 0 Å². The number of benzene rings is 1. The van der Waals surface area contributed by atoms with E-state index in [1.807, 2.05) is 30.2 Å². The van der Waals surface area contributed by atoms with Crippen molar-refractivity contribution < 1.29 is 35.9 Å². The lowest BCUT2D eigenvalue weighted by Gasteiger charge is -2.57. The fourth-order valence-corrected chi connectivity index (χ4v) is 5.94. The molecule has 2 aliphatic rings. The molecule has 210 valence electrons. The summed E-state index contributed by atoms with van der Waals surface area (Å²) in [5, 5.41) is 3.11. The Balaban J connectivity index is 1.95. The van der Waals surface area contributed by atoms with Crippen LogP contribution in [-0.2, 0) is 21.9 Å². The van der Waals surface area contributed by atoms with E-state index in [1.165, 1.54) is 6.92 Å². The molecule has 2 fully saturated rings. The molecule has 11 heteroatoms. The summed E-state index contributed by atoms with van der Waals surface area (Å²) >= 11 is 1.62. The van der Waals surface area contributed by atoms with Gasteiger partial charge < -0.3 is 10.1 Å². The molecule has 0 aromatic heterocycles. The number of ether oxygens (including phenoxy) is 1. The number of carbonyl (C=O) groups excluding carboxylic acids is 1. The normalized spacial score (nSPS) is 27.1. The fraction of sp³-hybridized carbons (Fsp3) is 0.519. The third-order valence-electron chi connectivity index (χ3n) is 7.13. The number of fused-ring (bicyclic) bond motifs is 2. The Morgan fingerprint density at radius 1 is 1.16 bits per heavy atom. The van der Waals surface area contributed by atoms with E-state index < -0.39 is 40.7 Å². The molecule has 2 aliphatic heterocycles. The molecule has 4 nitrogen and oxygen atoms in total. The van der Waals surface area contributed by atoms with Gasteiger partial charge in [0.15, 0.2) is 0 Å². The summed E-state index contributed by atoms with van der Waals surface area (Å²) in [6, 6.07) is 1.47. The molecule has 1 N–H and O–H groups in total. The van der Waals surface area contributed by atoms with Crippen molar-refractivity contribution in [3.8, 4) is 0 Å². The van der Waals surface area contributed by atoms with Crippen molar-refractivity contribution in [3.63, 3.8) is 0 Å². The Bertz CT molecular complexity index is 1070. The minimum absolute atomic E-state index is 0.0621. The molecule has 1 aromatic rings. The van der Waals surface area contributed by atoms with Gasteiger partial charge in [-0.25, -0.2) is 0 Å². The molecule has 0 saturated carbocycles. The van der Waals surface area contributed by atoms with Crippen LogP contribution in [-0.4, -0.2) is 53.6 Å². The van der Waals surface area contributed by atoms with Crippen LogP contribution >= 0.6 is 11.8 Å². The van der Waals surface area contributed by atoms with Crippen LogP contribution in [0.3, 0.4) is 0 Å². The van der Waals surface area contributed by atoms with Gasteiger partial charge >= 0.3 is 12.4 Å². The second-order valence-corrected chi connectivity index (χ2v) is 10.7. The average molecular weight is 563 g/mol. The van der Waals surface area contributed by atoms with Gasteiger partial charge in [-0.15, -0.1) is 0 Å². The lowest BCUT2D eigenvalue weighted by Crippen LogP contribution is -2.73. The molecular weight excluding hydrogens is 530 g/mol. The number of amides is 1. The second kappa shape index (κ2) is 11.5. The van der Waals surface area contributed by atoms with E-state index in [2.05, 4.69) is 11.9 Å². The number of nitrogens with one attached hydrogen (secondary N) is 1. The minimum Gasteiger partial charge on any atom is -0.372 e. The van der Waals surface area contributed by atoms with Crippen LogP contribution in [0.4, 0.5) is 26.3 Å². The maximum absolute atomic E-state index is 13.4. The Morgan fingerprint density at radius 2 is 1.79 bits per heavy atom. The third-order valence-corrected chi connectivity index (χ3v) is 7.97. The fourth-order valence-electron chi connectivity index (χ4n) is 5.08. The van der Waals surface area contributed by atoms with Crippen LogP contribution in [0.15, 0.2) is 54.7 Å². The molecule has 0 aliphatic carbocycles. The van der Waals surface area contributed by atoms with Crippen molar-refractivity contribution in [2.45, 2.75) is 56.2 Å². The van der Waals surface area contributed by atoms with E-state index in [-0.39, 0.29) is 30.7 Å². The zero-order valence-corrected chi connectivity index (χ0v) is 22.3. The number of hydrogen-bond donors (Lipinski definition) is 1. The molecule has 1 unspecified atom stereocenters. The number of rotatable bonds is 9. The predicted octanol–water partition coefficient (Wildman–Crippen LogP) is 6.56. The van der Waals surface area contributed by atoms with Crippen molar-refractivity contribution in [1.29, 1.82) is 0 Å². The number of carbonyl (C=O) groups is 1. The maximum atomic E-state index is 13.4. The number of piperidine rings is 1. The van der Waals surface area contributed by atoms with Gasteiger partial charge in [-0.2, -0.15) is 38.1 Å². The number of thioether (sulfide) groups is 1. The Hall–Kier alpha value is -2.24. The number of hydrogen-bond acceptors (Lipinski definition) is 4. The predicted molar refractivity (Wildman–Crippen MR) is 137 cm³/mol. The summed E-state index contributed by atoms with van der Waals surface area (Å²) in [6.45, 7) is 8.04. The van der Waals surface area contributed by atoms with E-state index in [4.69, 9.17) is 4.74 Å². The summed E-state index contributed by atoms with van der Waals surface area (Å²) in [5.41, 5.74) is -3.66. The monoisotopic (exact) mass is 562 g/mol. The molecule has 38 heavy (non-hydrogen) atoms. The number of halogens is 6. The van der Waals surface area contributed by atoms with Gasteiger partial charge in [0.1, 0.15) is 0 Å². The van der Waals surface area contributed by atoms with Crippen molar-refractivity contribution in [3.05, 3.63) is 71.3 Å². The standard InChI is InChI=1S/C27H32F6N2O2S/c1-5-6-7-8-18(2)25(10-9-24(17-38-4)15-35(25)14-23(36)34-24)16-37-19(3)20-11-21(26(28,29)30)13-22(12-20)27(31,32)33/h5-8,11-13,19H,2,9-10,14-17H2,1,3-4H3,(H,34,36)/b6-5-,8-7-/t19-,24-,25-/m1/s1. The molecule has 3 rings (SSSR count). The molecule has 0 radical (unpaired) electrons. The van der Waals surface area contributed by atoms with Crippen molar-refractivity contribution in [1.82, 2.24) is 10.2 Å². The first-order chi connectivity index (χ1) is 17.7. The van der Waals surface area contributed by atoms with Gasteiger partial charge in [-0.1, -0.05) is 30.9 Å². The van der Waals surface area contributed by atoms with E-state index in [0.29, 0.717) is 42.8 Å². The minimum atomic E-state index is -4.95. The summed E-state index contributed by atoms with van der Waals surface area (Å²) in [7, 11) is 0. The summed E-state index contributed by atoms with van der Waals surface area (Å²) in [6.07, 6.45) is -0.635. The highest BCUT2D eigenvalue weighted by molar-refractivity contribution is 7.98. The van der Waals surface area contributed by atoms with E-state index in [9.17, 15) is 31.1 Å². The first-order valence-corrected chi connectivity index (χ1v) is 13.5. The lowest BCUT2D eigenvalue weighted by atomic mass is 9.73. The highest BCUT2D eigenvalue weighted by Gasteiger charge is 2.52. The van der Waals surface area contributed by atoms with Gasteiger partial charge in [0.25, 0.3) is 0 Å². The number of alkyl halides is 6. The van der Waals surface area contributed by atoms with Gasteiger partial charge in [0, 0.05) is 12.3 Å². The number of nitrogens with zero attached hydrogens (tertiary/aromatic N) is 1. The third kappa shape index (κ3) is 6.66. The zero-order valence-electron chi connectivity index (χ0n) is 21.5. The molecule has 2 saturated heterocycles. The Kier molecular flexibility index (Phi) is 9.15. The highest BCUT2D eigenvalue weighted by atomic mass is 32.2. The quantitative estimate of drug-likeness (QED) is 0.274. The van der Waals surface area contributed by atoms with Gasteiger partial charge in [0.05, 0.1) is 41.5 Å². The second-order valence-electron chi connectivity index (χ2n) is 9.85. The maximum Gasteiger partial charge on any atom is 0.416 e.